The fraction of sp³-hybridized carbons (Fsp3) is 0.0667. The van der Waals surface area contributed by atoms with E-state index in [9.17, 15) is 0 Å². The number of para-hydroxylation sites is 1. The van der Waals surface area contributed by atoms with Gasteiger partial charge in [-0.3, -0.25) is 4.57 Å². The summed E-state index contributed by atoms with van der Waals surface area (Å²) in [5.74, 6) is 0.734. The zero-order chi connectivity index (χ0) is 13.1. The van der Waals surface area contributed by atoms with Gasteiger partial charge in [-0.05, 0) is 17.7 Å². The van der Waals surface area contributed by atoms with Gasteiger partial charge < -0.3 is 5.73 Å². The van der Waals surface area contributed by atoms with Crippen LogP contribution < -0.4 is 5.73 Å². The van der Waals surface area contributed by atoms with Crippen molar-refractivity contribution < 1.29 is 0 Å². The van der Waals surface area contributed by atoms with E-state index >= 15 is 0 Å². The number of nitrogens with two attached hydrogens (primary N) is 1. The van der Waals surface area contributed by atoms with Crippen LogP contribution in [0.15, 0.2) is 67.0 Å². The van der Waals surface area contributed by atoms with Crippen molar-refractivity contribution in [2.24, 2.45) is 5.73 Å². The third-order valence-electron chi connectivity index (χ3n) is 3.05. The molecule has 1 aromatic heterocycles. The minimum absolute atomic E-state index is 0.288. The number of benzene rings is 2. The van der Waals surface area contributed by atoms with E-state index < -0.39 is 0 Å². The average Bonchev–Trinajstić information content (AvgIpc) is 2.98. The van der Waals surface area contributed by atoms with E-state index in [1.807, 2.05) is 65.2 Å². The van der Waals surface area contributed by atoms with E-state index in [2.05, 4.69) is 10.2 Å². The minimum atomic E-state index is -0.288. The van der Waals surface area contributed by atoms with Crippen LogP contribution in [0.3, 0.4) is 0 Å². The predicted molar refractivity (Wildman–Crippen MR) is 73.8 cm³/mol. The average molecular weight is 250 g/mol. The van der Waals surface area contributed by atoms with Crippen molar-refractivity contribution in [3.8, 4) is 5.69 Å². The van der Waals surface area contributed by atoms with Gasteiger partial charge in [0.1, 0.15) is 6.33 Å². The first-order valence-electron chi connectivity index (χ1n) is 6.12. The van der Waals surface area contributed by atoms with Gasteiger partial charge in [-0.2, -0.15) is 0 Å². The summed E-state index contributed by atoms with van der Waals surface area (Å²) in [5, 5.41) is 8.13. The van der Waals surface area contributed by atoms with Crippen LogP contribution in [-0.2, 0) is 0 Å². The first-order chi connectivity index (χ1) is 9.36. The Balaban J connectivity index is 2.01. The molecule has 0 bridgehead atoms. The molecular weight excluding hydrogens is 236 g/mol. The number of rotatable bonds is 3. The van der Waals surface area contributed by atoms with E-state index in [-0.39, 0.29) is 6.04 Å². The molecule has 0 fully saturated rings. The molecule has 0 aliphatic carbocycles. The fourth-order valence-corrected chi connectivity index (χ4v) is 2.05. The molecule has 4 heteroatoms. The Morgan fingerprint density at radius 2 is 1.53 bits per heavy atom. The van der Waals surface area contributed by atoms with Crippen molar-refractivity contribution >= 4 is 0 Å². The third-order valence-corrected chi connectivity index (χ3v) is 3.05. The lowest BCUT2D eigenvalue weighted by Gasteiger charge is -2.13. The third kappa shape index (κ3) is 2.26. The van der Waals surface area contributed by atoms with Crippen molar-refractivity contribution in [1.29, 1.82) is 0 Å². The molecule has 4 nitrogen and oxygen atoms in total. The molecule has 2 aromatic carbocycles. The normalized spacial score (nSPS) is 12.3. The second-order valence-corrected chi connectivity index (χ2v) is 4.28. The summed E-state index contributed by atoms with van der Waals surface area (Å²) in [6.45, 7) is 0. The Morgan fingerprint density at radius 3 is 2.21 bits per heavy atom. The zero-order valence-corrected chi connectivity index (χ0v) is 10.3. The summed E-state index contributed by atoms with van der Waals surface area (Å²) in [6, 6.07) is 19.6. The summed E-state index contributed by atoms with van der Waals surface area (Å²) >= 11 is 0. The molecule has 2 N–H and O–H groups in total. The molecule has 3 rings (SSSR count). The predicted octanol–water partition coefficient (Wildman–Crippen LogP) is 2.32. The molecule has 0 aliphatic heterocycles. The lowest BCUT2D eigenvalue weighted by Crippen LogP contribution is -2.17. The van der Waals surface area contributed by atoms with E-state index in [4.69, 9.17) is 5.73 Å². The van der Waals surface area contributed by atoms with Crippen molar-refractivity contribution in [2.45, 2.75) is 6.04 Å². The maximum atomic E-state index is 6.28. The van der Waals surface area contributed by atoms with Gasteiger partial charge in [0.05, 0.1) is 6.04 Å². The number of hydrogen-bond donors (Lipinski definition) is 1. The minimum Gasteiger partial charge on any atom is -0.318 e. The van der Waals surface area contributed by atoms with Crippen LogP contribution in [-0.4, -0.2) is 14.8 Å². The molecule has 3 aromatic rings. The summed E-state index contributed by atoms with van der Waals surface area (Å²) in [6.07, 6.45) is 1.69. The molecule has 19 heavy (non-hydrogen) atoms. The lowest BCUT2D eigenvalue weighted by atomic mass is 10.1. The van der Waals surface area contributed by atoms with Crippen LogP contribution in [0.25, 0.3) is 5.69 Å². The van der Waals surface area contributed by atoms with Crippen LogP contribution in [0, 0.1) is 0 Å². The highest BCUT2D eigenvalue weighted by Crippen LogP contribution is 2.19. The van der Waals surface area contributed by atoms with Crippen LogP contribution in [0.1, 0.15) is 17.4 Å². The van der Waals surface area contributed by atoms with Gasteiger partial charge in [-0.1, -0.05) is 48.5 Å². The first kappa shape index (κ1) is 11.6. The van der Waals surface area contributed by atoms with Crippen molar-refractivity contribution in [3.63, 3.8) is 0 Å². The monoisotopic (exact) mass is 250 g/mol. The number of aromatic nitrogens is 3. The molecular formula is C15H14N4. The van der Waals surface area contributed by atoms with Gasteiger partial charge in [0.2, 0.25) is 0 Å². The molecule has 0 spiro atoms. The van der Waals surface area contributed by atoms with E-state index in [0.29, 0.717) is 0 Å². The van der Waals surface area contributed by atoms with Gasteiger partial charge >= 0.3 is 0 Å². The molecule has 94 valence electrons. The van der Waals surface area contributed by atoms with Crippen molar-refractivity contribution in [1.82, 2.24) is 14.8 Å². The highest BCUT2D eigenvalue weighted by atomic mass is 15.3. The molecule has 1 heterocycles. The Hall–Kier alpha value is -2.46. The Labute approximate surface area is 111 Å². The van der Waals surface area contributed by atoms with Crippen LogP contribution in [0.2, 0.25) is 0 Å². The van der Waals surface area contributed by atoms with Crippen molar-refractivity contribution in [3.05, 3.63) is 78.4 Å². The highest BCUT2D eigenvalue weighted by Gasteiger charge is 2.16. The van der Waals surface area contributed by atoms with E-state index in [1.165, 1.54) is 0 Å². The smallest absolute Gasteiger partial charge is 0.158 e. The SMILES string of the molecule is N[C@H](c1ccccc1)c1nncn1-c1ccccc1. The summed E-state index contributed by atoms with van der Waals surface area (Å²) in [4.78, 5) is 0. The quantitative estimate of drug-likeness (QED) is 0.776. The largest absolute Gasteiger partial charge is 0.318 e. The topological polar surface area (TPSA) is 56.7 Å². The van der Waals surface area contributed by atoms with Crippen molar-refractivity contribution in [2.75, 3.05) is 0 Å². The molecule has 0 saturated heterocycles. The summed E-state index contributed by atoms with van der Waals surface area (Å²) in [5.41, 5.74) is 8.30. The molecule has 1 atom stereocenters. The Bertz CT molecular complexity index is 646. The molecule has 0 aliphatic rings. The van der Waals surface area contributed by atoms with Gasteiger partial charge in [0, 0.05) is 5.69 Å². The van der Waals surface area contributed by atoms with Crippen LogP contribution in [0.4, 0.5) is 0 Å². The fourth-order valence-electron chi connectivity index (χ4n) is 2.05. The first-order valence-corrected chi connectivity index (χ1v) is 6.12. The maximum absolute atomic E-state index is 6.28. The van der Waals surface area contributed by atoms with E-state index in [1.54, 1.807) is 6.33 Å². The second-order valence-electron chi connectivity index (χ2n) is 4.28. The highest BCUT2D eigenvalue weighted by molar-refractivity contribution is 5.34. The van der Waals surface area contributed by atoms with E-state index in [0.717, 1.165) is 17.1 Å². The number of nitrogens with zero attached hydrogens (tertiary/aromatic N) is 3. The zero-order valence-electron chi connectivity index (χ0n) is 10.3. The Morgan fingerprint density at radius 1 is 0.895 bits per heavy atom. The van der Waals surface area contributed by atoms with Crippen LogP contribution in [0.5, 0.6) is 0 Å². The summed E-state index contributed by atoms with van der Waals surface area (Å²) in [7, 11) is 0. The standard InChI is InChI=1S/C15H14N4/c16-14(12-7-3-1-4-8-12)15-18-17-11-19(15)13-9-5-2-6-10-13/h1-11,14H,16H2/t14-/m1/s1. The number of hydrogen-bond acceptors (Lipinski definition) is 3. The molecule has 0 unspecified atom stereocenters. The van der Waals surface area contributed by atoms with Gasteiger partial charge in [-0.15, -0.1) is 10.2 Å². The van der Waals surface area contributed by atoms with Crippen LogP contribution >= 0.6 is 0 Å². The molecule has 0 radical (unpaired) electrons. The molecule has 0 amide bonds. The summed E-state index contributed by atoms with van der Waals surface area (Å²) < 4.78 is 1.91. The Kier molecular flexibility index (Phi) is 3.08. The van der Waals surface area contributed by atoms with Gasteiger partial charge in [-0.25, -0.2) is 0 Å². The van der Waals surface area contributed by atoms with Gasteiger partial charge in [0.25, 0.3) is 0 Å². The second kappa shape index (κ2) is 5.04. The maximum Gasteiger partial charge on any atom is 0.158 e. The lowest BCUT2D eigenvalue weighted by molar-refractivity contribution is 0.752. The molecule has 0 saturated carbocycles. The van der Waals surface area contributed by atoms with Gasteiger partial charge in [0.15, 0.2) is 5.82 Å².